The fourth-order valence-electron chi connectivity index (χ4n) is 1.83. The van der Waals surface area contributed by atoms with E-state index in [1.807, 2.05) is 30.3 Å². The van der Waals surface area contributed by atoms with Crippen molar-refractivity contribution in [2.45, 2.75) is 6.54 Å². The maximum atomic E-state index is 11.5. The molecule has 2 heterocycles. The minimum absolute atomic E-state index is 0.174. The van der Waals surface area contributed by atoms with E-state index in [0.717, 1.165) is 5.56 Å². The molecule has 0 aliphatic rings. The molecule has 0 saturated carbocycles. The summed E-state index contributed by atoms with van der Waals surface area (Å²) >= 11 is 0. The number of nitrogens with one attached hydrogen (secondary N) is 2. The van der Waals surface area contributed by atoms with E-state index in [1.165, 1.54) is 6.20 Å². The normalized spacial score (nSPS) is 10.5. The Bertz CT molecular complexity index is 752. The first-order chi connectivity index (χ1) is 9.33. The largest absolute Gasteiger partial charge is 0.350 e. The van der Waals surface area contributed by atoms with Crippen LogP contribution in [0.2, 0.25) is 0 Å². The van der Waals surface area contributed by atoms with Gasteiger partial charge in [-0.25, -0.2) is 9.97 Å². The Labute approximate surface area is 109 Å². The molecular weight excluding hydrogens is 240 g/mol. The maximum Gasteiger partial charge on any atom is 0.258 e. The lowest BCUT2D eigenvalue weighted by Gasteiger charge is -2.05. The first-order valence-electron chi connectivity index (χ1n) is 5.95. The fourth-order valence-corrected chi connectivity index (χ4v) is 1.83. The minimum atomic E-state index is -0.174. The van der Waals surface area contributed by atoms with Gasteiger partial charge in [0.05, 0.1) is 10.9 Å². The number of hydrogen-bond acceptors (Lipinski definition) is 4. The summed E-state index contributed by atoms with van der Waals surface area (Å²) in [6.45, 7) is 0.648. The molecule has 19 heavy (non-hydrogen) atoms. The molecule has 0 radical (unpaired) electrons. The number of pyridine rings is 1. The van der Waals surface area contributed by atoms with Crippen LogP contribution < -0.4 is 10.9 Å². The Morgan fingerprint density at radius 2 is 2.00 bits per heavy atom. The number of nitrogens with zero attached hydrogens (tertiary/aromatic N) is 2. The van der Waals surface area contributed by atoms with Gasteiger partial charge in [-0.05, 0) is 11.6 Å². The second-order valence-electron chi connectivity index (χ2n) is 4.14. The zero-order chi connectivity index (χ0) is 13.1. The molecule has 5 nitrogen and oxygen atoms in total. The topological polar surface area (TPSA) is 70.7 Å². The zero-order valence-electron chi connectivity index (χ0n) is 10.1. The summed E-state index contributed by atoms with van der Waals surface area (Å²) in [4.78, 5) is 22.6. The van der Waals surface area contributed by atoms with Crippen molar-refractivity contribution in [2.24, 2.45) is 0 Å². The number of fused-ring (bicyclic) bond motifs is 1. The van der Waals surface area contributed by atoms with E-state index < -0.39 is 0 Å². The zero-order valence-corrected chi connectivity index (χ0v) is 10.1. The van der Waals surface area contributed by atoms with E-state index in [2.05, 4.69) is 20.3 Å². The van der Waals surface area contributed by atoms with Gasteiger partial charge in [-0.3, -0.25) is 4.79 Å². The van der Waals surface area contributed by atoms with Crippen LogP contribution in [-0.4, -0.2) is 15.0 Å². The molecule has 0 saturated heterocycles. The number of benzene rings is 1. The summed E-state index contributed by atoms with van der Waals surface area (Å²) in [5, 5.41) is 3.63. The van der Waals surface area contributed by atoms with Crippen LogP contribution >= 0.6 is 0 Å². The van der Waals surface area contributed by atoms with Crippen molar-refractivity contribution in [1.29, 1.82) is 0 Å². The van der Waals surface area contributed by atoms with Crippen molar-refractivity contribution in [3.05, 3.63) is 64.7 Å². The highest BCUT2D eigenvalue weighted by molar-refractivity contribution is 5.77. The number of anilines is 1. The predicted octanol–water partition coefficient (Wildman–Crippen LogP) is 1.93. The van der Waals surface area contributed by atoms with Crippen molar-refractivity contribution in [1.82, 2.24) is 15.0 Å². The summed E-state index contributed by atoms with van der Waals surface area (Å²) in [7, 11) is 0. The molecule has 1 aromatic carbocycles. The van der Waals surface area contributed by atoms with E-state index in [-0.39, 0.29) is 5.56 Å². The molecule has 2 N–H and O–H groups in total. The number of aromatic amines is 1. The summed E-state index contributed by atoms with van der Waals surface area (Å²) in [5.74, 6) is 0.516. The number of H-pyrrole nitrogens is 1. The highest BCUT2D eigenvalue weighted by atomic mass is 16.1. The van der Waals surface area contributed by atoms with Crippen molar-refractivity contribution in [2.75, 3.05) is 5.32 Å². The Hall–Kier alpha value is -2.69. The van der Waals surface area contributed by atoms with Gasteiger partial charge in [-0.15, -0.1) is 0 Å². The van der Waals surface area contributed by atoms with Gasteiger partial charge >= 0.3 is 0 Å². The van der Waals surface area contributed by atoms with Crippen molar-refractivity contribution >= 4 is 16.9 Å². The second-order valence-corrected chi connectivity index (χ2v) is 4.14. The van der Waals surface area contributed by atoms with Gasteiger partial charge in [0.15, 0.2) is 0 Å². The number of hydrogen-bond donors (Lipinski definition) is 2. The second kappa shape index (κ2) is 4.89. The standard InChI is InChI=1S/C14H12N4O/c19-13-11-9-17-14(18-12(11)6-7-15-13)16-8-10-4-2-1-3-5-10/h1-7,9H,8H2,(H,15,19)(H,16,17,18). The van der Waals surface area contributed by atoms with Crippen LogP contribution in [-0.2, 0) is 6.54 Å². The molecule has 3 aromatic rings. The lowest BCUT2D eigenvalue weighted by Crippen LogP contribution is -2.08. The van der Waals surface area contributed by atoms with Crippen LogP contribution in [0.4, 0.5) is 5.95 Å². The highest BCUT2D eigenvalue weighted by Gasteiger charge is 2.02. The summed E-state index contributed by atoms with van der Waals surface area (Å²) in [5.41, 5.74) is 1.61. The first-order valence-corrected chi connectivity index (χ1v) is 5.95. The molecule has 0 unspecified atom stereocenters. The summed E-state index contributed by atoms with van der Waals surface area (Å²) in [6, 6.07) is 11.8. The third-order valence-corrected chi connectivity index (χ3v) is 2.81. The van der Waals surface area contributed by atoms with E-state index >= 15 is 0 Å². The Kier molecular flexibility index (Phi) is 2.94. The van der Waals surface area contributed by atoms with Crippen LogP contribution in [0.1, 0.15) is 5.56 Å². The van der Waals surface area contributed by atoms with E-state index in [0.29, 0.717) is 23.4 Å². The smallest absolute Gasteiger partial charge is 0.258 e. The quantitative estimate of drug-likeness (QED) is 0.747. The number of rotatable bonds is 3. The molecule has 0 spiro atoms. The lowest BCUT2D eigenvalue weighted by molar-refractivity contribution is 1.07. The lowest BCUT2D eigenvalue weighted by atomic mass is 10.2. The average molecular weight is 252 g/mol. The third kappa shape index (κ3) is 2.44. The first kappa shape index (κ1) is 11.4. The summed E-state index contributed by atoms with van der Waals surface area (Å²) < 4.78 is 0. The molecular formula is C14H12N4O. The average Bonchev–Trinajstić information content (AvgIpc) is 2.46. The van der Waals surface area contributed by atoms with Crippen LogP contribution in [0.25, 0.3) is 10.9 Å². The molecule has 0 aliphatic carbocycles. The molecule has 94 valence electrons. The molecule has 2 aromatic heterocycles. The number of aromatic nitrogens is 3. The molecule has 0 amide bonds. The third-order valence-electron chi connectivity index (χ3n) is 2.81. The van der Waals surface area contributed by atoms with Gasteiger partial charge in [0.2, 0.25) is 5.95 Å². The minimum Gasteiger partial charge on any atom is -0.350 e. The molecule has 5 heteroatoms. The molecule has 3 rings (SSSR count). The Balaban J connectivity index is 1.84. The van der Waals surface area contributed by atoms with Crippen LogP contribution in [0.5, 0.6) is 0 Å². The van der Waals surface area contributed by atoms with E-state index in [1.54, 1.807) is 12.3 Å². The monoisotopic (exact) mass is 252 g/mol. The van der Waals surface area contributed by atoms with E-state index in [4.69, 9.17) is 0 Å². The molecule has 0 fully saturated rings. The van der Waals surface area contributed by atoms with Crippen LogP contribution in [0.3, 0.4) is 0 Å². The van der Waals surface area contributed by atoms with Gasteiger partial charge in [-0.2, -0.15) is 0 Å². The highest BCUT2D eigenvalue weighted by Crippen LogP contribution is 2.08. The molecule has 0 atom stereocenters. The predicted molar refractivity (Wildman–Crippen MR) is 73.9 cm³/mol. The van der Waals surface area contributed by atoms with Crippen molar-refractivity contribution in [3.8, 4) is 0 Å². The molecule has 0 aliphatic heterocycles. The fraction of sp³-hybridized carbons (Fsp3) is 0.0714. The summed E-state index contributed by atoms with van der Waals surface area (Å²) in [6.07, 6.45) is 3.12. The van der Waals surface area contributed by atoms with Crippen molar-refractivity contribution in [3.63, 3.8) is 0 Å². The Morgan fingerprint density at radius 1 is 1.16 bits per heavy atom. The van der Waals surface area contributed by atoms with Gasteiger partial charge in [0.1, 0.15) is 0 Å². The Morgan fingerprint density at radius 3 is 2.84 bits per heavy atom. The van der Waals surface area contributed by atoms with Crippen LogP contribution in [0.15, 0.2) is 53.6 Å². The van der Waals surface area contributed by atoms with Crippen molar-refractivity contribution < 1.29 is 0 Å². The van der Waals surface area contributed by atoms with Gasteiger partial charge in [-0.1, -0.05) is 30.3 Å². The van der Waals surface area contributed by atoms with Crippen LogP contribution in [0, 0.1) is 0 Å². The maximum absolute atomic E-state index is 11.5. The van der Waals surface area contributed by atoms with E-state index in [9.17, 15) is 4.79 Å². The molecule has 0 bridgehead atoms. The SMILES string of the molecule is O=c1[nH]ccc2nc(NCc3ccccc3)ncc12. The van der Waals surface area contributed by atoms with Gasteiger partial charge < -0.3 is 10.3 Å². The van der Waals surface area contributed by atoms with Gasteiger partial charge in [0, 0.05) is 18.9 Å². The van der Waals surface area contributed by atoms with Gasteiger partial charge in [0.25, 0.3) is 5.56 Å².